The number of anilines is 1. The number of hydrogen-bond acceptors (Lipinski definition) is 8. The first-order valence-electron chi connectivity index (χ1n) is 11.7. The van der Waals surface area contributed by atoms with Crippen LogP contribution in [0.2, 0.25) is 0 Å². The lowest BCUT2D eigenvalue weighted by Gasteiger charge is -2.38. The highest BCUT2D eigenvalue weighted by Crippen LogP contribution is 2.47. The summed E-state index contributed by atoms with van der Waals surface area (Å²) in [6, 6.07) is 8.19. The molecule has 5 heterocycles. The molecule has 1 saturated carbocycles. The second kappa shape index (κ2) is 7.94. The Hall–Kier alpha value is -4.20. The van der Waals surface area contributed by atoms with E-state index in [0.717, 1.165) is 28.7 Å². The topological polar surface area (TPSA) is 126 Å². The van der Waals surface area contributed by atoms with Crippen LogP contribution < -0.4 is 10.1 Å². The Kier molecular flexibility index (Phi) is 4.84. The molecular formula is C24H25N9O2. The first-order valence-corrected chi connectivity index (χ1v) is 11.7. The molecule has 4 aromatic heterocycles. The molecule has 2 aliphatic rings. The summed E-state index contributed by atoms with van der Waals surface area (Å²) >= 11 is 0. The van der Waals surface area contributed by atoms with Gasteiger partial charge in [-0.05, 0) is 43.4 Å². The van der Waals surface area contributed by atoms with Crippen LogP contribution in [-0.4, -0.2) is 66.2 Å². The molecule has 11 heteroatoms. The summed E-state index contributed by atoms with van der Waals surface area (Å²) in [7, 11) is 1.60. The standard InChI is InChI=1S/C24H25N9O2/c1-15-11-31(22(34)24(13-25)7-8-24)9-6-18(15)28-23-29-21(35-2)20-17(5-10-32(20)30-23)16-3-4-19-26-14-27-33(19)12-16/h3-5,10,12,14-15,18H,6-9,11H2,1-2H3,(H,28,30)/t15-,18+/m1/s1. The van der Waals surface area contributed by atoms with Gasteiger partial charge in [0.25, 0.3) is 0 Å². The third-order valence-electron chi connectivity index (χ3n) is 7.14. The number of carbonyl (C=O) groups is 1. The molecule has 0 spiro atoms. The number of piperidine rings is 1. The average Bonchev–Trinajstić information content (AvgIpc) is 3.33. The van der Waals surface area contributed by atoms with Crippen molar-refractivity contribution in [2.24, 2.45) is 11.3 Å². The van der Waals surface area contributed by atoms with E-state index in [0.29, 0.717) is 37.8 Å². The van der Waals surface area contributed by atoms with Crippen LogP contribution in [0.3, 0.4) is 0 Å². The summed E-state index contributed by atoms with van der Waals surface area (Å²) in [6.07, 6.45) is 7.42. The summed E-state index contributed by atoms with van der Waals surface area (Å²) in [5, 5.41) is 21.7. The smallest absolute Gasteiger partial charge is 0.244 e. The SMILES string of the molecule is COc1nc(N[C@H]2CCN(C(=O)C3(C#N)CC3)C[C@H]2C)nn2ccc(-c3ccc4ncnn4c3)c12. The van der Waals surface area contributed by atoms with Gasteiger partial charge in [0.2, 0.25) is 17.7 Å². The number of nitrogens with one attached hydrogen (secondary N) is 1. The number of rotatable bonds is 5. The van der Waals surface area contributed by atoms with Crippen LogP contribution in [0.15, 0.2) is 36.9 Å². The zero-order valence-corrected chi connectivity index (χ0v) is 19.5. The van der Waals surface area contributed by atoms with Gasteiger partial charge < -0.3 is 15.0 Å². The van der Waals surface area contributed by atoms with E-state index in [9.17, 15) is 10.1 Å². The van der Waals surface area contributed by atoms with Gasteiger partial charge in [0.15, 0.2) is 5.65 Å². The number of methoxy groups -OCH3 is 1. The van der Waals surface area contributed by atoms with Crippen molar-refractivity contribution in [1.82, 2.24) is 34.1 Å². The molecule has 2 fully saturated rings. The molecule has 6 rings (SSSR count). The van der Waals surface area contributed by atoms with E-state index in [1.165, 1.54) is 6.33 Å². The number of likely N-dealkylation sites (tertiary alicyclic amines) is 1. The lowest BCUT2D eigenvalue weighted by Crippen LogP contribution is -2.49. The van der Waals surface area contributed by atoms with Gasteiger partial charge in [-0.25, -0.2) is 14.0 Å². The second-order valence-electron chi connectivity index (χ2n) is 9.41. The summed E-state index contributed by atoms with van der Waals surface area (Å²) in [5.41, 5.74) is 2.64. The van der Waals surface area contributed by atoms with Crippen LogP contribution in [0.5, 0.6) is 5.88 Å². The van der Waals surface area contributed by atoms with Crippen molar-refractivity contribution >= 4 is 23.0 Å². The molecule has 1 N–H and O–H groups in total. The van der Waals surface area contributed by atoms with Gasteiger partial charge in [-0.2, -0.15) is 15.3 Å². The number of hydrogen-bond donors (Lipinski definition) is 1. The minimum Gasteiger partial charge on any atom is -0.479 e. The third kappa shape index (κ3) is 3.53. The number of pyridine rings is 1. The van der Waals surface area contributed by atoms with Gasteiger partial charge in [0.05, 0.1) is 13.2 Å². The maximum atomic E-state index is 12.8. The lowest BCUT2D eigenvalue weighted by atomic mass is 9.92. The molecule has 0 aromatic carbocycles. The molecule has 1 aliphatic heterocycles. The fourth-order valence-corrected chi connectivity index (χ4v) is 4.92. The molecule has 178 valence electrons. The van der Waals surface area contributed by atoms with Crippen LogP contribution in [0.1, 0.15) is 26.2 Å². The number of fused-ring (bicyclic) bond motifs is 2. The van der Waals surface area contributed by atoms with Crippen LogP contribution in [0, 0.1) is 22.7 Å². The van der Waals surface area contributed by atoms with Crippen LogP contribution >= 0.6 is 0 Å². The Balaban J connectivity index is 1.24. The molecule has 2 atom stereocenters. The highest BCUT2D eigenvalue weighted by Gasteiger charge is 2.53. The number of ether oxygens (including phenoxy) is 1. The monoisotopic (exact) mass is 471 g/mol. The van der Waals surface area contributed by atoms with Gasteiger partial charge in [-0.15, -0.1) is 5.10 Å². The zero-order chi connectivity index (χ0) is 24.2. The lowest BCUT2D eigenvalue weighted by molar-refractivity contribution is -0.136. The van der Waals surface area contributed by atoms with E-state index in [-0.39, 0.29) is 17.9 Å². The fraction of sp³-hybridized carbons (Fsp3) is 0.417. The summed E-state index contributed by atoms with van der Waals surface area (Å²) in [5.74, 6) is 1.09. The van der Waals surface area contributed by atoms with E-state index >= 15 is 0 Å². The highest BCUT2D eigenvalue weighted by molar-refractivity contribution is 5.88. The predicted octanol–water partition coefficient (Wildman–Crippen LogP) is 2.40. The Morgan fingerprint density at radius 3 is 2.89 bits per heavy atom. The first-order chi connectivity index (χ1) is 17.0. The van der Waals surface area contributed by atoms with Crippen molar-refractivity contribution in [1.29, 1.82) is 5.26 Å². The van der Waals surface area contributed by atoms with Crippen LogP contribution in [-0.2, 0) is 4.79 Å². The third-order valence-corrected chi connectivity index (χ3v) is 7.14. The van der Waals surface area contributed by atoms with Crippen LogP contribution in [0.25, 0.3) is 22.3 Å². The van der Waals surface area contributed by atoms with Crippen LogP contribution in [0.4, 0.5) is 5.95 Å². The quantitative estimate of drug-likeness (QED) is 0.470. The fourth-order valence-electron chi connectivity index (χ4n) is 4.92. The van der Waals surface area contributed by atoms with E-state index in [4.69, 9.17) is 4.74 Å². The molecule has 1 aliphatic carbocycles. The minimum absolute atomic E-state index is 0.0198. The highest BCUT2D eigenvalue weighted by atomic mass is 16.5. The van der Waals surface area contributed by atoms with E-state index in [1.54, 1.807) is 16.1 Å². The van der Waals surface area contributed by atoms with E-state index < -0.39 is 5.41 Å². The number of nitriles is 1. The minimum atomic E-state index is -0.772. The summed E-state index contributed by atoms with van der Waals surface area (Å²) < 4.78 is 9.14. The van der Waals surface area contributed by atoms with Gasteiger partial charge in [-0.1, -0.05) is 6.92 Å². The average molecular weight is 472 g/mol. The van der Waals surface area contributed by atoms with Crippen molar-refractivity contribution in [2.75, 3.05) is 25.5 Å². The molecule has 1 amide bonds. The zero-order valence-electron chi connectivity index (χ0n) is 19.5. The molecule has 1 saturated heterocycles. The molecule has 0 unspecified atom stereocenters. The van der Waals surface area contributed by atoms with Gasteiger partial charge >= 0.3 is 0 Å². The molecular weight excluding hydrogens is 446 g/mol. The Morgan fingerprint density at radius 1 is 1.29 bits per heavy atom. The van der Waals surface area contributed by atoms with Crippen molar-refractivity contribution < 1.29 is 9.53 Å². The van der Waals surface area contributed by atoms with Crippen molar-refractivity contribution in [3.63, 3.8) is 0 Å². The maximum absolute atomic E-state index is 12.8. The normalized spacial score (nSPS) is 21.1. The molecule has 0 radical (unpaired) electrons. The Bertz CT molecular complexity index is 1480. The Morgan fingerprint density at radius 2 is 2.14 bits per heavy atom. The van der Waals surface area contributed by atoms with Gasteiger partial charge in [0.1, 0.15) is 17.3 Å². The largest absolute Gasteiger partial charge is 0.479 e. The summed E-state index contributed by atoms with van der Waals surface area (Å²) in [6.45, 7) is 3.33. The molecule has 11 nitrogen and oxygen atoms in total. The number of amides is 1. The molecule has 35 heavy (non-hydrogen) atoms. The Labute approximate surface area is 201 Å². The number of carbonyl (C=O) groups excluding carboxylic acids is 1. The molecule has 4 aromatic rings. The van der Waals surface area contributed by atoms with Gasteiger partial charge in [0, 0.05) is 42.7 Å². The van der Waals surface area contributed by atoms with Crippen molar-refractivity contribution in [3.05, 3.63) is 36.9 Å². The summed E-state index contributed by atoms with van der Waals surface area (Å²) in [4.78, 5) is 23.4. The predicted molar refractivity (Wildman–Crippen MR) is 127 cm³/mol. The maximum Gasteiger partial charge on any atom is 0.244 e. The number of nitrogens with zero attached hydrogens (tertiary/aromatic N) is 8. The number of aromatic nitrogens is 6. The van der Waals surface area contributed by atoms with Crippen molar-refractivity contribution in [2.45, 2.75) is 32.2 Å². The van der Waals surface area contributed by atoms with Gasteiger partial charge in [-0.3, -0.25) is 4.79 Å². The van der Waals surface area contributed by atoms with Crippen molar-refractivity contribution in [3.8, 4) is 23.1 Å². The first kappa shape index (κ1) is 21.3. The van der Waals surface area contributed by atoms with E-state index in [1.807, 2.05) is 35.5 Å². The molecule has 0 bridgehead atoms. The van der Waals surface area contributed by atoms with E-state index in [2.05, 4.69) is 38.5 Å². The second-order valence-corrected chi connectivity index (χ2v) is 9.41.